The Morgan fingerprint density at radius 3 is 2.37 bits per heavy atom. The van der Waals surface area contributed by atoms with Gasteiger partial charge in [-0.2, -0.15) is 9.29 Å². The van der Waals surface area contributed by atoms with E-state index in [0.717, 1.165) is 0 Å². The molecule has 1 N–H and O–H groups in total. The van der Waals surface area contributed by atoms with Crippen LogP contribution in [-0.2, 0) is 10.0 Å². The second-order valence-corrected chi connectivity index (χ2v) is 8.55. The number of piperidine rings is 1. The maximum atomic E-state index is 12.8. The number of carbonyl (C=O) groups excluding carboxylic acids is 1. The number of carbonyl (C=O) groups is 1. The first kappa shape index (κ1) is 19.3. The van der Waals surface area contributed by atoms with E-state index < -0.39 is 10.0 Å². The molecule has 1 fully saturated rings. The summed E-state index contributed by atoms with van der Waals surface area (Å²) in [5.74, 6) is 0.853. The Morgan fingerprint density at radius 1 is 1.22 bits per heavy atom. The highest BCUT2D eigenvalue weighted by molar-refractivity contribution is 7.89. The van der Waals surface area contributed by atoms with E-state index >= 15 is 0 Å². The molecular formula is C17H23N5O4S. The molecule has 3 rings (SSSR count). The Labute approximate surface area is 158 Å². The monoisotopic (exact) mass is 393 g/mol. The van der Waals surface area contributed by atoms with Crippen LogP contribution < -0.4 is 10.2 Å². The maximum absolute atomic E-state index is 12.8. The van der Waals surface area contributed by atoms with Gasteiger partial charge in [0.25, 0.3) is 11.9 Å². The fraction of sp³-hybridized carbons (Fsp3) is 0.471. The highest BCUT2D eigenvalue weighted by Gasteiger charge is 2.32. The minimum atomic E-state index is -3.60. The van der Waals surface area contributed by atoms with Gasteiger partial charge < -0.3 is 14.7 Å². The van der Waals surface area contributed by atoms with Crippen molar-refractivity contribution in [1.82, 2.24) is 19.8 Å². The molecule has 0 aliphatic carbocycles. The average molecular weight is 393 g/mol. The number of hydrogen-bond donors (Lipinski definition) is 1. The molecule has 27 heavy (non-hydrogen) atoms. The second kappa shape index (κ2) is 7.65. The third-order valence-electron chi connectivity index (χ3n) is 4.62. The van der Waals surface area contributed by atoms with Crippen LogP contribution in [0.3, 0.4) is 0 Å². The molecule has 0 saturated carbocycles. The van der Waals surface area contributed by atoms with Gasteiger partial charge in [0.05, 0.1) is 4.90 Å². The van der Waals surface area contributed by atoms with Gasteiger partial charge in [0.15, 0.2) is 0 Å². The number of amides is 1. The predicted molar refractivity (Wildman–Crippen MR) is 99.2 cm³/mol. The van der Waals surface area contributed by atoms with Crippen molar-refractivity contribution in [2.75, 3.05) is 39.1 Å². The van der Waals surface area contributed by atoms with Crippen molar-refractivity contribution < 1.29 is 17.7 Å². The van der Waals surface area contributed by atoms with E-state index in [-0.39, 0.29) is 16.7 Å². The Morgan fingerprint density at radius 2 is 1.85 bits per heavy atom. The van der Waals surface area contributed by atoms with E-state index in [1.165, 1.54) is 35.6 Å². The lowest BCUT2D eigenvalue weighted by atomic mass is 9.98. The molecule has 1 aliphatic heterocycles. The Kier molecular flexibility index (Phi) is 5.47. The fourth-order valence-corrected chi connectivity index (χ4v) is 4.46. The van der Waals surface area contributed by atoms with Gasteiger partial charge in [-0.15, -0.1) is 0 Å². The van der Waals surface area contributed by atoms with Crippen LogP contribution in [0.2, 0.25) is 0 Å². The van der Waals surface area contributed by atoms with Crippen molar-refractivity contribution in [3.63, 3.8) is 0 Å². The molecule has 1 saturated heterocycles. The van der Waals surface area contributed by atoms with Gasteiger partial charge in [-0.1, -0.05) is 0 Å². The molecule has 9 nitrogen and oxygen atoms in total. The fourth-order valence-electron chi connectivity index (χ4n) is 2.99. The summed E-state index contributed by atoms with van der Waals surface area (Å²) in [6.45, 7) is 0.758. The minimum Gasteiger partial charge on any atom is -0.355 e. The lowest BCUT2D eigenvalue weighted by Crippen LogP contribution is -2.38. The molecule has 1 aliphatic rings. The number of rotatable bonds is 5. The van der Waals surface area contributed by atoms with Crippen LogP contribution >= 0.6 is 0 Å². The van der Waals surface area contributed by atoms with Crippen LogP contribution in [-0.4, -0.2) is 63.0 Å². The molecule has 146 valence electrons. The molecular weight excluding hydrogens is 370 g/mol. The van der Waals surface area contributed by atoms with E-state index in [0.29, 0.717) is 43.3 Å². The number of hydrogen-bond acceptors (Lipinski definition) is 7. The molecule has 1 aromatic carbocycles. The van der Waals surface area contributed by atoms with Crippen LogP contribution in [0.15, 0.2) is 33.7 Å². The van der Waals surface area contributed by atoms with Gasteiger partial charge >= 0.3 is 0 Å². The molecule has 10 heteroatoms. The summed E-state index contributed by atoms with van der Waals surface area (Å²) >= 11 is 0. The van der Waals surface area contributed by atoms with Crippen molar-refractivity contribution >= 4 is 21.9 Å². The standard InChI is InChI=1S/C17H23N5O4S/c1-18-15(23)12-4-6-14(7-5-12)27(24,25)22-10-8-13(9-11-22)16-19-17(20-26-16)21(2)3/h4-7,13H,8-11H2,1-3H3,(H,18,23). The quantitative estimate of drug-likeness (QED) is 0.809. The van der Waals surface area contributed by atoms with Crippen LogP contribution in [0.4, 0.5) is 5.95 Å². The summed E-state index contributed by atoms with van der Waals surface area (Å²) in [7, 11) is 1.60. The van der Waals surface area contributed by atoms with Crippen molar-refractivity contribution in [2.24, 2.45) is 0 Å². The van der Waals surface area contributed by atoms with Crippen LogP contribution in [0.5, 0.6) is 0 Å². The van der Waals surface area contributed by atoms with E-state index in [4.69, 9.17) is 4.52 Å². The molecule has 1 aromatic heterocycles. The topological polar surface area (TPSA) is 109 Å². The number of nitrogens with one attached hydrogen (secondary N) is 1. The normalized spacial score (nSPS) is 16.3. The maximum Gasteiger partial charge on any atom is 0.265 e. The highest BCUT2D eigenvalue weighted by Crippen LogP contribution is 2.30. The largest absolute Gasteiger partial charge is 0.355 e. The van der Waals surface area contributed by atoms with E-state index in [2.05, 4.69) is 15.5 Å². The van der Waals surface area contributed by atoms with E-state index in [1.807, 2.05) is 14.1 Å². The van der Waals surface area contributed by atoms with Gasteiger partial charge in [-0.3, -0.25) is 4.79 Å². The molecule has 2 heterocycles. The Hall–Kier alpha value is -2.46. The van der Waals surface area contributed by atoms with Gasteiger partial charge in [0.2, 0.25) is 15.9 Å². The highest BCUT2D eigenvalue weighted by atomic mass is 32.2. The SMILES string of the molecule is CNC(=O)c1ccc(S(=O)(=O)N2CCC(c3nc(N(C)C)no3)CC2)cc1. The lowest BCUT2D eigenvalue weighted by Gasteiger charge is -2.29. The molecule has 0 atom stereocenters. The average Bonchev–Trinajstić information content (AvgIpc) is 3.18. The second-order valence-electron chi connectivity index (χ2n) is 6.61. The zero-order valence-corrected chi connectivity index (χ0v) is 16.4. The molecule has 0 radical (unpaired) electrons. The zero-order valence-electron chi connectivity index (χ0n) is 15.5. The summed E-state index contributed by atoms with van der Waals surface area (Å²) in [6.07, 6.45) is 1.23. The summed E-state index contributed by atoms with van der Waals surface area (Å²) in [4.78, 5) is 17.9. The minimum absolute atomic E-state index is 0.0493. The van der Waals surface area contributed by atoms with Crippen molar-refractivity contribution in [1.29, 1.82) is 0 Å². The molecule has 0 spiro atoms. The first-order valence-corrected chi connectivity index (χ1v) is 10.1. The van der Waals surface area contributed by atoms with Gasteiger partial charge in [-0.05, 0) is 42.3 Å². The van der Waals surface area contributed by atoms with Gasteiger partial charge in [-0.25, -0.2) is 8.42 Å². The van der Waals surface area contributed by atoms with Gasteiger partial charge in [0, 0.05) is 45.7 Å². The third kappa shape index (κ3) is 3.96. The summed E-state index contributed by atoms with van der Waals surface area (Å²) in [5.41, 5.74) is 0.420. The lowest BCUT2D eigenvalue weighted by molar-refractivity contribution is 0.0963. The summed E-state index contributed by atoms with van der Waals surface area (Å²) in [5, 5.41) is 6.42. The van der Waals surface area contributed by atoms with Crippen molar-refractivity contribution in [3.05, 3.63) is 35.7 Å². The predicted octanol–water partition coefficient (Wildman–Crippen LogP) is 1.06. The Balaban J connectivity index is 1.68. The molecule has 0 unspecified atom stereocenters. The number of nitrogens with zero attached hydrogens (tertiary/aromatic N) is 4. The van der Waals surface area contributed by atoms with Crippen molar-refractivity contribution in [3.8, 4) is 0 Å². The van der Waals surface area contributed by atoms with Crippen molar-refractivity contribution in [2.45, 2.75) is 23.7 Å². The number of aromatic nitrogens is 2. The smallest absolute Gasteiger partial charge is 0.265 e. The first-order chi connectivity index (χ1) is 12.8. The molecule has 2 aromatic rings. The first-order valence-electron chi connectivity index (χ1n) is 8.66. The third-order valence-corrected chi connectivity index (χ3v) is 6.53. The van der Waals surface area contributed by atoms with Crippen LogP contribution in [0.1, 0.15) is 35.0 Å². The molecule has 0 bridgehead atoms. The van der Waals surface area contributed by atoms with E-state index in [9.17, 15) is 13.2 Å². The number of benzene rings is 1. The van der Waals surface area contributed by atoms with Gasteiger partial charge in [0.1, 0.15) is 0 Å². The summed E-state index contributed by atoms with van der Waals surface area (Å²) in [6, 6.07) is 5.96. The Bertz CT molecular complexity index is 900. The summed E-state index contributed by atoms with van der Waals surface area (Å²) < 4.78 is 32.5. The van der Waals surface area contributed by atoms with Crippen LogP contribution in [0, 0.1) is 0 Å². The van der Waals surface area contributed by atoms with Crippen LogP contribution in [0.25, 0.3) is 0 Å². The number of sulfonamides is 1. The zero-order chi connectivity index (χ0) is 19.6. The van der Waals surface area contributed by atoms with E-state index in [1.54, 1.807) is 4.90 Å². The number of anilines is 1. The molecule has 1 amide bonds.